The summed E-state index contributed by atoms with van der Waals surface area (Å²) in [5, 5.41) is 3.16. The highest BCUT2D eigenvalue weighted by Gasteiger charge is 2.11. The predicted octanol–water partition coefficient (Wildman–Crippen LogP) is 2.83. The molecule has 2 aromatic rings. The SMILES string of the molecule is CSc1cccc(Nc2c(N)cccc2C(N)=O)c1. The first-order chi connectivity index (χ1) is 9.11. The van der Waals surface area contributed by atoms with Gasteiger partial charge in [-0.2, -0.15) is 0 Å². The van der Waals surface area contributed by atoms with Crippen LogP contribution >= 0.6 is 11.8 Å². The minimum absolute atomic E-state index is 0.384. The van der Waals surface area contributed by atoms with Crippen LogP contribution in [0.4, 0.5) is 17.1 Å². The lowest BCUT2D eigenvalue weighted by Gasteiger charge is -2.13. The Bertz CT molecular complexity index is 613. The lowest BCUT2D eigenvalue weighted by atomic mass is 10.1. The Morgan fingerprint density at radius 3 is 2.63 bits per heavy atom. The number of hydrogen-bond donors (Lipinski definition) is 3. The number of nitrogen functional groups attached to an aromatic ring is 1. The fraction of sp³-hybridized carbons (Fsp3) is 0.0714. The molecule has 1 amide bonds. The number of rotatable bonds is 4. The molecule has 2 aromatic carbocycles. The molecule has 5 N–H and O–H groups in total. The molecule has 2 rings (SSSR count). The standard InChI is InChI=1S/C14H15N3OS/c1-19-10-5-2-4-9(8-10)17-13-11(14(16)18)6-3-7-12(13)15/h2-8,17H,15H2,1H3,(H2,16,18). The maximum atomic E-state index is 11.4. The second-order valence-corrected chi connectivity index (χ2v) is 4.87. The summed E-state index contributed by atoms with van der Waals surface area (Å²) in [6.45, 7) is 0. The van der Waals surface area contributed by atoms with E-state index in [1.807, 2.05) is 30.5 Å². The molecule has 0 fully saturated rings. The number of carbonyl (C=O) groups is 1. The molecular formula is C14H15N3OS. The molecule has 0 saturated heterocycles. The lowest BCUT2D eigenvalue weighted by Crippen LogP contribution is -2.14. The maximum absolute atomic E-state index is 11.4. The van der Waals surface area contributed by atoms with Crippen LogP contribution in [0.1, 0.15) is 10.4 Å². The molecule has 0 bridgehead atoms. The Labute approximate surface area is 116 Å². The number of amides is 1. The molecule has 0 heterocycles. The fourth-order valence-corrected chi connectivity index (χ4v) is 2.22. The molecule has 19 heavy (non-hydrogen) atoms. The van der Waals surface area contributed by atoms with Crippen LogP contribution in [0, 0.1) is 0 Å². The summed E-state index contributed by atoms with van der Waals surface area (Å²) in [5.41, 5.74) is 13.5. The van der Waals surface area contributed by atoms with Crippen LogP contribution in [0.5, 0.6) is 0 Å². The zero-order chi connectivity index (χ0) is 13.8. The molecule has 5 heteroatoms. The molecule has 0 aliphatic rings. The topological polar surface area (TPSA) is 81.1 Å². The first-order valence-corrected chi connectivity index (χ1v) is 6.93. The van der Waals surface area contributed by atoms with E-state index in [0.29, 0.717) is 16.9 Å². The van der Waals surface area contributed by atoms with E-state index in [2.05, 4.69) is 5.32 Å². The van der Waals surface area contributed by atoms with Gasteiger partial charge in [0.2, 0.25) is 0 Å². The first-order valence-electron chi connectivity index (χ1n) is 5.71. The molecule has 0 saturated carbocycles. The number of nitrogens with one attached hydrogen (secondary N) is 1. The Morgan fingerprint density at radius 2 is 1.95 bits per heavy atom. The number of anilines is 3. The minimum atomic E-state index is -0.504. The first kappa shape index (κ1) is 13.3. The summed E-state index contributed by atoms with van der Waals surface area (Å²) in [4.78, 5) is 12.5. The van der Waals surface area contributed by atoms with Crippen molar-refractivity contribution in [3.8, 4) is 0 Å². The van der Waals surface area contributed by atoms with Crippen molar-refractivity contribution in [2.45, 2.75) is 4.90 Å². The molecule has 0 unspecified atom stereocenters. The van der Waals surface area contributed by atoms with Crippen LogP contribution in [0.2, 0.25) is 0 Å². The summed E-state index contributed by atoms with van der Waals surface area (Å²) in [5.74, 6) is -0.504. The Morgan fingerprint density at radius 1 is 1.21 bits per heavy atom. The Hall–Kier alpha value is -2.14. The average molecular weight is 273 g/mol. The van der Waals surface area contributed by atoms with Gasteiger partial charge >= 0.3 is 0 Å². The van der Waals surface area contributed by atoms with Crippen molar-refractivity contribution in [1.82, 2.24) is 0 Å². The van der Waals surface area contributed by atoms with Crippen molar-refractivity contribution < 1.29 is 4.79 Å². The van der Waals surface area contributed by atoms with Crippen molar-refractivity contribution in [2.75, 3.05) is 17.3 Å². The molecule has 0 aliphatic heterocycles. The van der Waals surface area contributed by atoms with Gasteiger partial charge in [-0.25, -0.2) is 0 Å². The molecule has 0 spiro atoms. The number of thioether (sulfide) groups is 1. The Balaban J connectivity index is 2.40. The quantitative estimate of drug-likeness (QED) is 0.591. The van der Waals surface area contributed by atoms with Crippen LogP contribution in [0.3, 0.4) is 0 Å². The molecular weight excluding hydrogens is 258 g/mol. The highest BCUT2D eigenvalue weighted by atomic mass is 32.2. The van der Waals surface area contributed by atoms with E-state index < -0.39 is 5.91 Å². The van der Waals surface area contributed by atoms with Gasteiger partial charge in [0.1, 0.15) is 0 Å². The van der Waals surface area contributed by atoms with E-state index in [9.17, 15) is 4.79 Å². The van der Waals surface area contributed by atoms with Gasteiger partial charge in [-0.05, 0) is 36.6 Å². The highest BCUT2D eigenvalue weighted by molar-refractivity contribution is 7.98. The van der Waals surface area contributed by atoms with Crippen molar-refractivity contribution in [3.63, 3.8) is 0 Å². The third-order valence-corrected chi connectivity index (χ3v) is 3.43. The fourth-order valence-electron chi connectivity index (χ4n) is 1.76. The van der Waals surface area contributed by atoms with Gasteiger partial charge in [-0.3, -0.25) is 4.79 Å². The van der Waals surface area contributed by atoms with Crippen LogP contribution in [-0.2, 0) is 0 Å². The number of primary amides is 1. The number of carbonyl (C=O) groups excluding carboxylic acids is 1. The normalized spacial score (nSPS) is 10.2. The van der Waals surface area contributed by atoms with Gasteiger partial charge in [-0.15, -0.1) is 11.8 Å². The maximum Gasteiger partial charge on any atom is 0.250 e. The third-order valence-electron chi connectivity index (χ3n) is 2.70. The number of nitrogens with two attached hydrogens (primary N) is 2. The number of hydrogen-bond acceptors (Lipinski definition) is 4. The molecule has 0 atom stereocenters. The summed E-state index contributed by atoms with van der Waals surface area (Å²) in [6, 6.07) is 12.9. The predicted molar refractivity (Wildman–Crippen MR) is 80.9 cm³/mol. The summed E-state index contributed by atoms with van der Waals surface area (Å²) in [6.07, 6.45) is 2.00. The van der Waals surface area contributed by atoms with Crippen molar-refractivity contribution >= 4 is 34.7 Å². The van der Waals surface area contributed by atoms with Crippen molar-refractivity contribution in [1.29, 1.82) is 0 Å². The van der Waals surface area contributed by atoms with E-state index in [4.69, 9.17) is 11.5 Å². The van der Waals surface area contributed by atoms with Gasteiger partial charge < -0.3 is 16.8 Å². The minimum Gasteiger partial charge on any atom is -0.397 e. The van der Waals surface area contributed by atoms with Crippen LogP contribution in [-0.4, -0.2) is 12.2 Å². The second-order valence-electron chi connectivity index (χ2n) is 3.99. The monoisotopic (exact) mass is 273 g/mol. The van der Waals surface area contributed by atoms with E-state index in [1.54, 1.807) is 30.0 Å². The molecule has 4 nitrogen and oxygen atoms in total. The van der Waals surface area contributed by atoms with E-state index in [0.717, 1.165) is 10.6 Å². The van der Waals surface area contributed by atoms with Crippen LogP contribution in [0.25, 0.3) is 0 Å². The molecule has 98 valence electrons. The average Bonchev–Trinajstić information content (AvgIpc) is 2.41. The second kappa shape index (κ2) is 5.67. The van der Waals surface area contributed by atoms with Gasteiger partial charge in [0, 0.05) is 10.6 Å². The van der Waals surface area contributed by atoms with E-state index in [1.165, 1.54) is 0 Å². The van der Waals surface area contributed by atoms with Gasteiger partial charge in [-0.1, -0.05) is 12.1 Å². The van der Waals surface area contributed by atoms with Crippen molar-refractivity contribution in [3.05, 3.63) is 48.0 Å². The molecule has 0 aliphatic carbocycles. The zero-order valence-corrected chi connectivity index (χ0v) is 11.3. The largest absolute Gasteiger partial charge is 0.397 e. The lowest BCUT2D eigenvalue weighted by molar-refractivity contribution is 0.100. The van der Waals surface area contributed by atoms with Crippen LogP contribution in [0.15, 0.2) is 47.4 Å². The summed E-state index contributed by atoms with van der Waals surface area (Å²) < 4.78 is 0. The van der Waals surface area contributed by atoms with Crippen molar-refractivity contribution in [2.24, 2.45) is 5.73 Å². The summed E-state index contributed by atoms with van der Waals surface area (Å²) in [7, 11) is 0. The number of benzene rings is 2. The third kappa shape index (κ3) is 3.00. The van der Waals surface area contributed by atoms with Gasteiger partial charge in [0.25, 0.3) is 5.91 Å². The number of para-hydroxylation sites is 1. The van der Waals surface area contributed by atoms with E-state index in [-0.39, 0.29) is 0 Å². The zero-order valence-electron chi connectivity index (χ0n) is 10.5. The highest BCUT2D eigenvalue weighted by Crippen LogP contribution is 2.28. The van der Waals surface area contributed by atoms with E-state index >= 15 is 0 Å². The van der Waals surface area contributed by atoms with Gasteiger partial charge in [0.05, 0.1) is 16.9 Å². The smallest absolute Gasteiger partial charge is 0.250 e. The van der Waals surface area contributed by atoms with Crippen LogP contribution < -0.4 is 16.8 Å². The molecule has 0 radical (unpaired) electrons. The Kier molecular flexibility index (Phi) is 3.97. The van der Waals surface area contributed by atoms with Gasteiger partial charge in [0.15, 0.2) is 0 Å². The summed E-state index contributed by atoms with van der Waals surface area (Å²) >= 11 is 1.65. The molecule has 0 aromatic heterocycles.